The van der Waals surface area contributed by atoms with Gasteiger partial charge in [0.2, 0.25) is 5.91 Å². The molecule has 2 aromatic carbocycles. The van der Waals surface area contributed by atoms with Gasteiger partial charge >= 0.3 is 0 Å². The molecule has 40 heavy (non-hydrogen) atoms. The number of benzene rings is 2. The molecular formula is C30H25FN8O. The molecule has 198 valence electrons. The van der Waals surface area contributed by atoms with E-state index in [2.05, 4.69) is 35.8 Å². The zero-order valence-electron chi connectivity index (χ0n) is 21.6. The minimum absolute atomic E-state index is 0.0328. The third kappa shape index (κ3) is 4.48. The molecule has 1 fully saturated rings. The molecule has 0 bridgehead atoms. The molecule has 4 heterocycles. The molecule has 0 radical (unpaired) electrons. The van der Waals surface area contributed by atoms with Crippen LogP contribution in [-0.4, -0.2) is 43.1 Å². The Kier molecular flexibility index (Phi) is 5.82. The number of para-hydroxylation sites is 1. The predicted molar refractivity (Wildman–Crippen MR) is 152 cm³/mol. The summed E-state index contributed by atoms with van der Waals surface area (Å²) in [6, 6.07) is 14.7. The highest BCUT2D eigenvalue weighted by Gasteiger charge is 2.29. The summed E-state index contributed by atoms with van der Waals surface area (Å²) in [5, 5.41) is 14.3. The number of aromatic amines is 2. The SMILES string of the molecule is CNCc1cc(F)cc(-c2cccc3[nH]c(-c4[nH]nc5ncc(-c6cncc(NC(=O)C7CC7)c6)cc45)nc23)c1. The lowest BCUT2D eigenvalue weighted by Crippen LogP contribution is -2.13. The molecule has 6 aromatic rings. The smallest absolute Gasteiger partial charge is 0.227 e. The van der Waals surface area contributed by atoms with Gasteiger partial charge in [-0.15, -0.1) is 0 Å². The largest absolute Gasteiger partial charge is 0.337 e. The summed E-state index contributed by atoms with van der Waals surface area (Å²) in [5.41, 5.74) is 7.54. The topological polar surface area (TPSA) is 124 Å². The Balaban J connectivity index is 1.27. The van der Waals surface area contributed by atoms with Gasteiger partial charge < -0.3 is 15.6 Å². The van der Waals surface area contributed by atoms with E-state index in [0.29, 0.717) is 29.4 Å². The van der Waals surface area contributed by atoms with Crippen LogP contribution >= 0.6 is 0 Å². The lowest BCUT2D eigenvalue weighted by molar-refractivity contribution is -0.117. The summed E-state index contributed by atoms with van der Waals surface area (Å²) >= 11 is 0. The number of rotatable bonds is 7. The Morgan fingerprint density at radius 1 is 1.05 bits per heavy atom. The molecule has 1 aliphatic carbocycles. The highest BCUT2D eigenvalue weighted by Crippen LogP contribution is 2.34. The van der Waals surface area contributed by atoms with Crippen LogP contribution in [0.4, 0.5) is 10.1 Å². The number of hydrogen-bond donors (Lipinski definition) is 4. The number of fused-ring (bicyclic) bond motifs is 2. The molecule has 0 atom stereocenters. The molecule has 0 unspecified atom stereocenters. The van der Waals surface area contributed by atoms with Crippen LogP contribution in [-0.2, 0) is 11.3 Å². The van der Waals surface area contributed by atoms with E-state index in [1.165, 1.54) is 12.1 Å². The molecule has 1 amide bonds. The van der Waals surface area contributed by atoms with Gasteiger partial charge in [-0.25, -0.2) is 14.4 Å². The fourth-order valence-corrected chi connectivity index (χ4v) is 4.99. The van der Waals surface area contributed by atoms with E-state index in [1.54, 1.807) is 18.6 Å². The summed E-state index contributed by atoms with van der Waals surface area (Å²) in [5.74, 6) is 0.444. The Bertz CT molecular complexity index is 1910. The second-order valence-corrected chi connectivity index (χ2v) is 10.1. The maximum absolute atomic E-state index is 14.4. The third-order valence-corrected chi connectivity index (χ3v) is 7.10. The number of imidazole rings is 1. The fraction of sp³-hybridized carbons (Fsp3) is 0.167. The van der Waals surface area contributed by atoms with Crippen molar-refractivity contribution in [3.8, 4) is 33.8 Å². The minimum atomic E-state index is -0.292. The first-order chi connectivity index (χ1) is 19.6. The van der Waals surface area contributed by atoms with Crippen LogP contribution in [0.25, 0.3) is 55.8 Å². The van der Waals surface area contributed by atoms with Crippen molar-refractivity contribution in [1.82, 2.24) is 35.5 Å². The maximum atomic E-state index is 14.4. The minimum Gasteiger partial charge on any atom is -0.337 e. The standard InChI is InChI=1S/C30H25FN8O/c1-32-12-16-7-18(9-21(31)8-16)23-3-2-4-25-26(23)37-29(36-25)27-24-11-20(14-34-28(24)39-38-27)19-10-22(15-33-13-19)35-30(40)17-5-6-17/h2-4,7-11,13-15,17,32H,5-6,12H2,1H3,(H,35,40)(H,36,37)(H,34,38,39). The number of anilines is 1. The van der Waals surface area contributed by atoms with Crippen LogP contribution in [0, 0.1) is 11.7 Å². The Morgan fingerprint density at radius 3 is 2.77 bits per heavy atom. The van der Waals surface area contributed by atoms with E-state index in [4.69, 9.17) is 4.98 Å². The van der Waals surface area contributed by atoms with Gasteiger partial charge in [-0.05, 0) is 67.4 Å². The van der Waals surface area contributed by atoms with Crippen LogP contribution in [0.3, 0.4) is 0 Å². The van der Waals surface area contributed by atoms with E-state index < -0.39 is 0 Å². The van der Waals surface area contributed by atoms with E-state index in [0.717, 1.165) is 57.1 Å². The molecule has 0 aliphatic heterocycles. The molecule has 10 heteroatoms. The summed E-state index contributed by atoms with van der Waals surface area (Å²) in [4.78, 5) is 29.4. The van der Waals surface area contributed by atoms with Crippen molar-refractivity contribution in [2.75, 3.05) is 12.4 Å². The molecular weight excluding hydrogens is 507 g/mol. The predicted octanol–water partition coefficient (Wildman–Crippen LogP) is 5.44. The first-order valence-corrected chi connectivity index (χ1v) is 13.1. The van der Waals surface area contributed by atoms with Gasteiger partial charge in [0, 0.05) is 41.5 Å². The Hall–Kier alpha value is -4.96. The van der Waals surface area contributed by atoms with Gasteiger partial charge in [0.25, 0.3) is 0 Å². The number of nitrogens with zero attached hydrogens (tertiary/aromatic N) is 4. The highest BCUT2D eigenvalue weighted by atomic mass is 19.1. The van der Waals surface area contributed by atoms with Crippen molar-refractivity contribution in [3.05, 3.63) is 78.5 Å². The molecule has 7 rings (SSSR count). The van der Waals surface area contributed by atoms with Crippen LogP contribution in [0.5, 0.6) is 0 Å². The summed E-state index contributed by atoms with van der Waals surface area (Å²) < 4.78 is 14.4. The van der Waals surface area contributed by atoms with Gasteiger partial charge in [-0.1, -0.05) is 12.1 Å². The molecule has 0 spiro atoms. The van der Waals surface area contributed by atoms with E-state index in [-0.39, 0.29) is 17.6 Å². The van der Waals surface area contributed by atoms with Crippen LogP contribution in [0.2, 0.25) is 0 Å². The molecule has 0 saturated heterocycles. The monoisotopic (exact) mass is 532 g/mol. The van der Waals surface area contributed by atoms with Gasteiger partial charge in [-0.2, -0.15) is 5.10 Å². The zero-order chi connectivity index (χ0) is 27.2. The van der Waals surface area contributed by atoms with Crippen LogP contribution in [0.15, 0.2) is 67.1 Å². The lowest BCUT2D eigenvalue weighted by Gasteiger charge is -2.07. The van der Waals surface area contributed by atoms with Crippen molar-refractivity contribution in [2.24, 2.45) is 5.92 Å². The van der Waals surface area contributed by atoms with Crippen LogP contribution in [0.1, 0.15) is 18.4 Å². The number of carbonyl (C=O) groups excluding carboxylic acids is 1. The Morgan fingerprint density at radius 2 is 1.93 bits per heavy atom. The molecule has 1 saturated carbocycles. The van der Waals surface area contributed by atoms with Crippen LogP contribution < -0.4 is 10.6 Å². The average Bonchev–Trinajstić information content (AvgIpc) is 3.59. The lowest BCUT2D eigenvalue weighted by atomic mass is 10.0. The number of amides is 1. The zero-order valence-corrected chi connectivity index (χ0v) is 21.6. The molecule has 9 nitrogen and oxygen atoms in total. The molecule has 1 aliphatic rings. The first kappa shape index (κ1) is 24.1. The second kappa shape index (κ2) is 9.65. The van der Waals surface area contributed by atoms with Crippen molar-refractivity contribution < 1.29 is 9.18 Å². The quantitative estimate of drug-likeness (QED) is 0.217. The number of nitrogens with one attached hydrogen (secondary N) is 4. The summed E-state index contributed by atoms with van der Waals surface area (Å²) in [6.45, 7) is 0.563. The maximum Gasteiger partial charge on any atom is 0.227 e. The average molecular weight is 533 g/mol. The van der Waals surface area contributed by atoms with Gasteiger partial charge in [0.05, 0.1) is 28.3 Å². The van der Waals surface area contributed by atoms with E-state index in [1.807, 2.05) is 43.4 Å². The number of hydrogen-bond acceptors (Lipinski definition) is 6. The normalized spacial score (nSPS) is 13.2. The molecule has 4 aromatic heterocycles. The Labute approximate surface area is 228 Å². The number of pyridine rings is 2. The number of carbonyl (C=O) groups is 1. The van der Waals surface area contributed by atoms with Crippen molar-refractivity contribution in [3.63, 3.8) is 0 Å². The first-order valence-electron chi connectivity index (χ1n) is 13.1. The highest BCUT2D eigenvalue weighted by molar-refractivity contribution is 5.98. The number of H-pyrrole nitrogens is 2. The van der Waals surface area contributed by atoms with Crippen molar-refractivity contribution in [2.45, 2.75) is 19.4 Å². The van der Waals surface area contributed by atoms with Gasteiger partial charge in [-0.3, -0.25) is 14.9 Å². The van der Waals surface area contributed by atoms with Crippen molar-refractivity contribution in [1.29, 1.82) is 0 Å². The van der Waals surface area contributed by atoms with Gasteiger partial charge in [0.1, 0.15) is 11.5 Å². The second-order valence-electron chi connectivity index (χ2n) is 10.1. The third-order valence-electron chi connectivity index (χ3n) is 7.10. The van der Waals surface area contributed by atoms with Gasteiger partial charge in [0.15, 0.2) is 11.5 Å². The fourth-order valence-electron chi connectivity index (χ4n) is 4.99. The van der Waals surface area contributed by atoms with E-state index in [9.17, 15) is 9.18 Å². The number of aromatic nitrogens is 6. The van der Waals surface area contributed by atoms with Crippen molar-refractivity contribution >= 4 is 33.7 Å². The summed E-state index contributed by atoms with van der Waals surface area (Å²) in [7, 11) is 1.83. The van der Waals surface area contributed by atoms with E-state index >= 15 is 0 Å². The molecule has 4 N–H and O–H groups in total. The summed E-state index contributed by atoms with van der Waals surface area (Å²) in [6.07, 6.45) is 6.99. The number of halogens is 1.